The fourth-order valence-corrected chi connectivity index (χ4v) is 2.21. The van der Waals surface area contributed by atoms with Crippen LogP contribution in [0.4, 0.5) is 4.79 Å². The van der Waals surface area contributed by atoms with Crippen molar-refractivity contribution in [1.29, 1.82) is 0 Å². The van der Waals surface area contributed by atoms with E-state index in [4.69, 9.17) is 5.73 Å². The topological polar surface area (TPSA) is 58.7 Å². The zero-order chi connectivity index (χ0) is 11.3. The molecule has 1 aliphatic rings. The minimum absolute atomic E-state index is 0.0328. The van der Waals surface area contributed by atoms with Crippen LogP contribution < -0.4 is 5.73 Å². The second kappa shape index (κ2) is 5.80. The number of aliphatic imine (C=N–C) groups is 1. The number of hydrogen-bond acceptors (Lipinski definition) is 3. The molecule has 0 saturated carbocycles. The highest BCUT2D eigenvalue weighted by Crippen LogP contribution is 2.16. The van der Waals surface area contributed by atoms with Gasteiger partial charge in [-0.1, -0.05) is 13.0 Å². The SMILES string of the molecule is C=CCN1C(=O)N=C(N)C1CCSCC. The van der Waals surface area contributed by atoms with Crippen molar-refractivity contribution in [2.24, 2.45) is 10.7 Å². The van der Waals surface area contributed by atoms with Crippen LogP contribution >= 0.6 is 11.8 Å². The molecule has 0 bridgehead atoms. The predicted octanol–water partition coefficient (Wildman–Crippen LogP) is 1.48. The first-order chi connectivity index (χ1) is 7.20. The van der Waals surface area contributed by atoms with Crippen molar-refractivity contribution in [3.05, 3.63) is 12.7 Å². The first-order valence-electron chi connectivity index (χ1n) is 5.04. The van der Waals surface area contributed by atoms with Crippen LogP contribution in [0.2, 0.25) is 0 Å². The fraction of sp³-hybridized carbons (Fsp3) is 0.600. The van der Waals surface area contributed by atoms with Gasteiger partial charge in [-0.3, -0.25) is 0 Å². The van der Waals surface area contributed by atoms with Gasteiger partial charge in [-0.15, -0.1) is 6.58 Å². The second-order valence-corrected chi connectivity index (χ2v) is 4.66. The van der Waals surface area contributed by atoms with Gasteiger partial charge in [0.2, 0.25) is 0 Å². The first kappa shape index (κ1) is 12.1. The second-order valence-electron chi connectivity index (χ2n) is 3.26. The maximum atomic E-state index is 11.4. The van der Waals surface area contributed by atoms with E-state index in [2.05, 4.69) is 18.5 Å². The van der Waals surface area contributed by atoms with E-state index in [9.17, 15) is 4.79 Å². The molecule has 1 heterocycles. The lowest BCUT2D eigenvalue weighted by atomic mass is 10.2. The van der Waals surface area contributed by atoms with Gasteiger partial charge in [0, 0.05) is 6.54 Å². The molecule has 0 aromatic rings. The molecule has 0 aromatic heterocycles. The third-order valence-electron chi connectivity index (χ3n) is 2.25. The molecular weight excluding hydrogens is 210 g/mol. The van der Waals surface area contributed by atoms with E-state index in [1.165, 1.54) is 0 Å². The van der Waals surface area contributed by atoms with Gasteiger partial charge in [-0.2, -0.15) is 16.8 Å². The normalized spacial score (nSPS) is 20.6. The van der Waals surface area contributed by atoms with E-state index in [0.29, 0.717) is 12.4 Å². The molecule has 4 nitrogen and oxygen atoms in total. The monoisotopic (exact) mass is 227 g/mol. The van der Waals surface area contributed by atoms with Gasteiger partial charge in [0.1, 0.15) is 5.84 Å². The molecule has 2 amide bonds. The van der Waals surface area contributed by atoms with Gasteiger partial charge in [0.25, 0.3) is 0 Å². The Morgan fingerprint density at radius 2 is 2.47 bits per heavy atom. The molecule has 0 aliphatic carbocycles. The fourth-order valence-electron chi connectivity index (χ4n) is 1.53. The lowest BCUT2D eigenvalue weighted by Crippen LogP contribution is -2.40. The number of rotatable bonds is 6. The molecule has 0 fully saturated rings. The summed E-state index contributed by atoms with van der Waals surface area (Å²) in [6.07, 6.45) is 2.57. The van der Waals surface area contributed by atoms with Gasteiger partial charge in [-0.25, -0.2) is 4.79 Å². The van der Waals surface area contributed by atoms with Crippen LogP contribution in [0, 0.1) is 0 Å². The van der Waals surface area contributed by atoms with Crippen LogP contribution in [-0.2, 0) is 0 Å². The Kier molecular flexibility index (Phi) is 4.68. The van der Waals surface area contributed by atoms with Crippen LogP contribution in [0.15, 0.2) is 17.6 Å². The number of amides is 2. The van der Waals surface area contributed by atoms with Crippen molar-refractivity contribution in [2.75, 3.05) is 18.1 Å². The van der Waals surface area contributed by atoms with E-state index < -0.39 is 0 Å². The minimum Gasteiger partial charge on any atom is -0.385 e. The number of hydrogen-bond donors (Lipinski definition) is 1. The van der Waals surface area contributed by atoms with Crippen molar-refractivity contribution in [3.63, 3.8) is 0 Å². The molecule has 1 aliphatic heterocycles. The third-order valence-corrected chi connectivity index (χ3v) is 3.19. The third kappa shape index (κ3) is 2.99. The molecule has 84 valence electrons. The zero-order valence-corrected chi connectivity index (χ0v) is 9.80. The zero-order valence-electron chi connectivity index (χ0n) is 8.98. The van der Waals surface area contributed by atoms with Gasteiger partial charge in [-0.05, 0) is 17.9 Å². The summed E-state index contributed by atoms with van der Waals surface area (Å²) in [5.74, 6) is 2.52. The van der Waals surface area contributed by atoms with Crippen LogP contribution in [0.5, 0.6) is 0 Å². The Morgan fingerprint density at radius 3 is 3.07 bits per heavy atom. The van der Waals surface area contributed by atoms with Crippen molar-refractivity contribution < 1.29 is 4.79 Å². The molecule has 2 N–H and O–H groups in total. The molecule has 1 rings (SSSR count). The quantitative estimate of drug-likeness (QED) is 0.552. The Morgan fingerprint density at radius 1 is 1.73 bits per heavy atom. The average Bonchev–Trinajstić information content (AvgIpc) is 2.45. The van der Waals surface area contributed by atoms with Gasteiger partial charge in [0.05, 0.1) is 6.04 Å². The van der Waals surface area contributed by atoms with Crippen molar-refractivity contribution in [1.82, 2.24) is 4.90 Å². The Balaban J connectivity index is 2.54. The number of nitrogens with zero attached hydrogens (tertiary/aromatic N) is 2. The molecule has 1 unspecified atom stereocenters. The van der Waals surface area contributed by atoms with Gasteiger partial charge in [0.15, 0.2) is 0 Å². The number of amidine groups is 1. The van der Waals surface area contributed by atoms with Crippen LogP contribution in [0.3, 0.4) is 0 Å². The molecule has 1 atom stereocenters. The average molecular weight is 227 g/mol. The van der Waals surface area contributed by atoms with E-state index in [0.717, 1.165) is 17.9 Å². The lowest BCUT2D eigenvalue weighted by Gasteiger charge is -2.22. The largest absolute Gasteiger partial charge is 0.385 e. The van der Waals surface area contributed by atoms with Crippen molar-refractivity contribution in [2.45, 2.75) is 19.4 Å². The van der Waals surface area contributed by atoms with Crippen LogP contribution in [-0.4, -0.2) is 40.9 Å². The number of urea groups is 1. The summed E-state index contributed by atoms with van der Waals surface area (Å²) in [6.45, 7) is 6.26. The summed E-state index contributed by atoms with van der Waals surface area (Å²) in [7, 11) is 0. The molecule has 5 heteroatoms. The number of nitrogens with two attached hydrogens (primary N) is 1. The summed E-state index contributed by atoms with van der Waals surface area (Å²) < 4.78 is 0. The first-order valence-corrected chi connectivity index (χ1v) is 6.19. The van der Waals surface area contributed by atoms with Crippen molar-refractivity contribution >= 4 is 23.6 Å². The highest BCUT2D eigenvalue weighted by Gasteiger charge is 2.31. The molecular formula is C10H17N3OS. The molecule has 0 spiro atoms. The smallest absolute Gasteiger partial charge is 0.346 e. The van der Waals surface area contributed by atoms with Gasteiger partial charge >= 0.3 is 6.03 Å². The molecule has 0 saturated heterocycles. The summed E-state index contributed by atoms with van der Waals surface area (Å²) in [5, 5.41) is 0. The maximum absolute atomic E-state index is 11.4. The highest BCUT2D eigenvalue weighted by atomic mass is 32.2. The Bertz CT molecular complexity index is 278. The standard InChI is InChI=1S/C10H17N3OS/c1-3-6-13-8(5-7-15-4-2)9(11)12-10(13)14/h3,8H,1,4-7H2,2H3,(H2,11,12,14). The van der Waals surface area contributed by atoms with Gasteiger partial charge < -0.3 is 10.6 Å². The Labute approximate surface area is 94.6 Å². The molecule has 0 aromatic carbocycles. The van der Waals surface area contributed by atoms with Crippen LogP contribution in [0.1, 0.15) is 13.3 Å². The Hall–Kier alpha value is -0.970. The predicted molar refractivity (Wildman–Crippen MR) is 65.3 cm³/mol. The van der Waals surface area contributed by atoms with Crippen LogP contribution in [0.25, 0.3) is 0 Å². The van der Waals surface area contributed by atoms with E-state index in [-0.39, 0.29) is 12.1 Å². The van der Waals surface area contributed by atoms with E-state index in [1.807, 2.05) is 11.8 Å². The molecule has 15 heavy (non-hydrogen) atoms. The molecule has 0 radical (unpaired) electrons. The summed E-state index contributed by atoms with van der Waals surface area (Å²) in [6, 6.07) is -0.270. The van der Waals surface area contributed by atoms with E-state index in [1.54, 1.807) is 11.0 Å². The number of carbonyl (C=O) groups is 1. The highest BCUT2D eigenvalue weighted by molar-refractivity contribution is 7.99. The number of carbonyl (C=O) groups excluding carboxylic acids is 1. The maximum Gasteiger partial charge on any atom is 0.346 e. The van der Waals surface area contributed by atoms with E-state index >= 15 is 0 Å². The van der Waals surface area contributed by atoms with Crippen molar-refractivity contribution in [3.8, 4) is 0 Å². The minimum atomic E-state index is -0.237. The lowest BCUT2D eigenvalue weighted by molar-refractivity contribution is 0.212. The summed E-state index contributed by atoms with van der Waals surface area (Å²) >= 11 is 1.84. The summed E-state index contributed by atoms with van der Waals surface area (Å²) in [5.41, 5.74) is 5.72. The summed E-state index contributed by atoms with van der Waals surface area (Å²) in [4.78, 5) is 16.9. The number of thioether (sulfide) groups is 1.